The van der Waals surface area contributed by atoms with Gasteiger partial charge in [0.05, 0.1) is 0 Å². The zero-order valence-corrected chi connectivity index (χ0v) is 13.1. The molecule has 1 heterocycles. The van der Waals surface area contributed by atoms with Crippen LogP contribution in [0.5, 0.6) is 0 Å². The van der Waals surface area contributed by atoms with Gasteiger partial charge in [0.2, 0.25) is 0 Å². The number of aromatic nitrogens is 2. The lowest BCUT2D eigenvalue weighted by Gasteiger charge is -2.21. The normalized spacial score (nSPS) is 10.5. The van der Waals surface area contributed by atoms with Gasteiger partial charge < -0.3 is 16.0 Å². The molecule has 0 radical (unpaired) electrons. The molecule has 1 aromatic heterocycles. The van der Waals surface area contributed by atoms with Gasteiger partial charge in [0, 0.05) is 30.0 Å². The zero-order valence-electron chi connectivity index (χ0n) is 13.1. The molecule has 0 unspecified atom stereocenters. The van der Waals surface area contributed by atoms with Crippen LogP contribution in [0.1, 0.15) is 25.2 Å². The Kier molecular flexibility index (Phi) is 4.62. The van der Waals surface area contributed by atoms with Crippen molar-refractivity contribution in [2.75, 3.05) is 29.0 Å². The molecule has 0 aliphatic rings. The lowest BCUT2D eigenvalue weighted by Crippen LogP contribution is -2.21. The molecule has 0 spiro atoms. The zero-order chi connectivity index (χ0) is 15.4. The number of hydrogen-bond acceptors (Lipinski definition) is 5. The second-order valence-electron chi connectivity index (χ2n) is 4.97. The quantitative estimate of drug-likeness (QED) is 0.882. The lowest BCUT2D eigenvalue weighted by atomic mass is 10.2. The highest BCUT2D eigenvalue weighted by Crippen LogP contribution is 2.23. The molecule has 0 aliphatic heterocycles. The Morgan fingerprint density at radius 2 is 1.67 bits per heavy atom. The van der Waals surface area contributed by atoms with Crippen molar-refractivity contribution in [1.82, 2.24) is 9.97 Å². The molecule has 0 aliphatic carbocycles. The molecular formula is C16H23N5. The Morgan fingerprint density at radius 3 is 2.24 bits per heavy atom. The SMILES string of the molecule is CCN(CC)c1ccc(Nc2nc(C)nc(N)c2C)cc1. The minimum atomic E-state index is 0.518. The highest BCUT2D eigenvalue weighted by atomic mass is 15.1. The van der Waals surface area contributed by atoms with Gasteiger partial charge in [-0.1, -0.05) is 0 Å². The van der Waals surface area contributed by atoms with E-state index in [0.29, 0.717) is 11.6 Å². The molecular weight excluding hydrogens is 262 g/mol. The molecule has 5 heteroatoms. The van der Waals surface area contributed by atoms with E-state index in [9.17, 15) is 0 Å². The van der Waals surface area contributed by atoms with Gasteiger partial charge in [-0.15, -0.1) is 0 Å². The summed E-state index contributed by atoms with van der Waals surface area (Å²) >= 11 is 0. The van der Waals surface area contributed by atoms with Crippen molar-refractivity contribution in [1.29, 1.82) is 0 Å². The largest absolute Gasteiger partial charge is 0.383 e. The lowest BCUT2D eigenvalue weighted by molar-refractivity contribution is 0.866. The third kappa shape index (κ3) is 3.42. The van der Waals surface area contributed by atoms with Crippen molar-refractivity contribution in [2.45, 2.75) is 27.7 Å². The molecule has 0 saturated heterocycles. The van der Waals surface area contributed by atoms with Gasteiger partial charge in [0.15, 0.2) is 0 Å². The van der Waals surface area contributed by atoms with E-state index in [1.807, 2.05) is 13.8 Å². The summed E-state index contributed by atoms with van der Waals surface area (Å²) in [6.45, 7) is 10.1. The van der Waals surface area contributed by atoms with E-state index in [-0.39, 0.29) is 0 Å². The predicted octanol–water partition coefficient (Wildman–Crippen LogP) is 3.27. The number of nitrogen functional groups attached to an aromatic ring is 1. The molecule has 5 nitrogen and oxygen atoms in total. The van der Waals surface area contributed by atoms with Crippen LogP contribution < -0.4 is 16.0 Å². The summed E-state index contributed by atoms with van der Waals surface area (Å²) in [7, 11) is 0. The molecule has 1 aromatic carbocycles. The number of nitrogens with one attached hydrogen (secondary N) is 1. The molecule has 3 N–H and O–H groups in total. The van der Waals surface area contributed by atoms with Crippen molar-refractivity contribution in [2.24, 2.45) is 0 Å². The van der Waals surface area contributed by atoms with Crippen LogP contribution in [-0.4, -0.2) is 23.1 Å². The van der Waals surface area contributed by atoms with Crippen LogP contribution in [0.15, 0.2) is 24.3 Å². The first-order valence-corrected chi connectivity index (χ1v) is 7.27. The van der Waals surface area contributed by atoms with Crippen molar-refractivity contribution in [3.8, 4) is 0 Å². The Balaban J connectivity index is 2.21. The number of nitrogens with zero attached hydrogens (tertiary/aromatic N) is 3. The van der Waals surface area contributed by atoms with Gasteiger partial charge in [0.1, 0.15) is 17.5 Å². The number of benzene rings is 1. The molecule has 0 fully saturated rings. The Labute approximate surface area is 126 Å². The number of nitrogens with two attached hydrogens (primary N) is 1. The maximum absolute atomic E-state index is 5.88. The van der Waals surface area contributed by atoms with Crippen molar-refractivity contribution in [3.63, 3.8) is 0 Å². The first-order chi connectivity index (χ1) is 10.0. The number of rotatable bonds is 5. The molecule has 112 valence electrons. The van der Waals surface area contributed by atoms with Crippen molar-refractivity contribution < 1.29 is 0 Å². The van der Waals surface area contributed by atoms with E-state index >= 15 is 0 Å². The van der Waals surface area contributed by atoms with Crippen LogP contribution in [0.25, 0.3) is 0 Å². The number of aryl methyl sites for hydroxylation is 1. The maximum Gasteiger partial charge on any atom is 0.139 e. The summed E-state index contributed by atoms with van der Waals surface area (Å²) in [6.07, 6.45) is 0. The summed E-state index contributed by atoms with van der Waals surface area (Å²) in [5, 5.41) is 3.31. The summed E-state index contributed by atoms with van der Waals surface area (Å²) in [4.78, 5) is 10.9. The second-order valence-corrected chi connectivity index (χ2v) is 4.97. The van der Waals surface area contributed by atoms with Gasteiger partial charge in [-0.2, -0.15) is 0 Å². The number of hydrogen-bond donors (Lipinski definition) is 2. The Bertz CT molecular complexity index is 603. The number of anilines is 4. The average Bonchev–Trinajstić information content (AvgIpc) is 2.47. The fourth-order valence-electron chi connectivity index (χ4n) is 2.25. The minimum Gasteiger partial charge on any atom is -0.383 e. The second kappa shape index (κ2) is 6.43. The highest BCUT2D eigenvalue weighted by molar-refractivity contribution is 5.65. The average molecular weight is 285 g/mol. The van der Waals surface area contributed by atoms with E-state index in [0.717, 1.165) is 30.2 Å². The third-order valence-electron chi connectivity index (χ3n) is 3.55. The monoisotopic (exact) mass is 285 g/mol. The topological polar surface area (TPSA) is 67.1 Å². The van der Waals surface area contributed by atoms with Crippen LogP contribution in [0.4, 0.5) is 23.0 Å². The minimum absolute atomic E-state index is 0.518. The van der Waals surface area contributed by atoms with Gasteiger partial charge in [-0.3, -0.25) is 0 Å². The fourth-order valence-corrected chi connectivity index (χ4v) is 2.25. The van der Waals surface area contributed by atoms with E-state index in [1.54, 1.807) is 0 Å². The van der Waals surface area contributed by atoms with Crippen molar-refractivity contribution >= 4 is 23.0 Å². The summed E-state index contributed by atoms with van der Waals surface area (Å²) < 4.78 is 0. The van der Waals surface area contributed by atoms with Crippen molar-refractivity contribution in [3.05, 3.63) is 35.7 Å². The molecule has 0 atom stereocenters. The smallest absolute Gasteiger partial charge is 0.139 e. The van der Waals surface area contributed by atoms with Crippen LogP contribution in [0.2, 0.25) is 0 Å². The molecule has 0 saturated carbocycles. The molecule has 21 heavy (non-hydrogen) atoms. The van der Waals surface area contributed by atoms with Crippen LogP contribution in [-0.2, 0) is 0 Å². The van der Waals surface area contributed by atoms with Crippen LogP contribution >= 0.6 is 0 Å². The summed E-state index contributed by atoms with van der Waals surface area (Å²) in [5.74, 6) is 1.95. The standard InChI is InChI=1S/C16H23N5/c1-5-21(6-2)14-9-7-13(8-10-14)20-16-11(3)15(17)18-12(4)19-16/h7-10H,5-6H2,1-4H3,(H3,17,18,19,20). The van der Waals surface area contributed by atoms with Gasteiger partial charge in [-0.25, -0.2) is 9.97 Å². The van der Waals surface area contributed by atoms with E-state index < -0.39 is 0 Å². The molecule has 2 rings (SSSR count). The fraction of sp³-hybridized carbons (Fsp3) is 0.375. The molecule has 2 aromatic rings. The van der Waals surface area contributed by atoms with E-state index in [1.165, 1.54) is 5.69 Å². The highest BCUT2D eigenvalue weighted by Gasteiger charge is 2.07. The van der Waals surface area contributed by atoms with Crippen LogP contribution in [0.3, 0.4) is 0 Å². The van der Waals surface area contributed by atoms with Gasteiger partial charge in [0.25, 0.3) is 0 Å². The molecule has 0 bridgehead atoms. The summed E-state index contributed by atoms with van der Waals surface area (Å²) in [5.41, 5.74) is 8.96. The van der Waals surface area contributed by atoms with E-state index in [4.69, 9.17) is 5.73 Å². The first-order valence-electron chi connectivity index (χ1n) is 7.27. The van der Waals surface area contributed by atoms with Gasteiger partial charge >= 0.3 is 0 Å². The van der Waals surface area contributed by atoms with Gasteiger partial charge in [-0.05, 0) is 52.0 Å². The predicted molar refractivity (Wildman–Crippen MR) is 89.2 cm³/mol. The Hall–Kier alpha value is -2.30. The molecule has 0 amide bonds. The Morgan fingerprint density at radius 1 is 1.05 bits per heavy atom. The van der Waals surface area contributed by atoms with Crippen LogP contribution in [0, 0.1) is 13.8 Å². The van der Waals surface area contributed by atoms with E-state index in [2.05, 4.69) is 58.3 Å². The first kappa shape index (κ1) is 15.1. The summed E-state index contributed by atoms with van der Waals surface area (Å²) in [6, 6.07) is 8.34. The maximum atomic E-state index is 5.88. The third-order valence-corrected chi connectivity index (χ3v) is 3.55.